The Balaban J connectivity index is 1.64. The van der Waals surface area contributed by atoms with Gasteiger partial charge < -0.3 is 15.4 Å². The van der Waals surface area contributed by atoms with Crippen molar-refractivity contribution < 1.29 is 4.74 Å². The number of rotatable bonds is 6. The molecule has 2 aliphatic rings. The molecule has 0 aromatic carbocycles. The summed E-state index contributed by atoms with van der Waals surface area (Å²) in [5.74, 6) is 1.92. The van der Waals surface area contributed by atoms with Crippen LogP contribution in [0, 0.1) is 5.92 Å². The van der Waals surface area contributed by atoms with Gasteiger partial charge in [0.2, 0.25) is 0 Å². The first-order valence-corrected chi connectivity index (χ1v) is 9.04. The van der Waals surface area contributed by atoms with Crippen LogP contribution in [-0.4, -0.2) is 38.8 Å². The monoisotopic (exact) mass is 307 g/mol. The van der Waals surface area contributed by atoms with Crippen LogP contribution >= 0.6 is 0 Å². The Morgan fingerprint density at radius 3 is 2.77 bits per heavy atom. The topological polar surface area (TPSA) is 45.7 Å². The fourth-order valence-electron chi connectivity index (χ4n) is 3.53. The second kappa shape index (κ2) is 9.88. The van der Waals surface area contributed by atoms with Crippen molar-refractivity contribution in [2.75, 3.05) is 26.8 Å². The molecule has 0 saturated heterocycles. The van der Waals surface area contributed by atoms with E-state index in [1.807, 2.05) is 7.05 Å². The molecule has 0 unspecified atom stereocenters. The predicted octanol–water partition coefficient (Wildman–Crippen LogP) is 3.25. The van der Waals surface area contributed by atoms with Crippen molar-refractivity contribution in [2.45, 2.75) is 64.3 Å². The number of ether oxygens (including phenoxy) is 1. The summed E-state index contributed by atoms with van der Waals surface area (Å²) in [5, 5.41) is 7.06. The third-order valence-corrected chi connectivity index (χ3v) is 4.90. The van der Waals surface area contributed by atoms with Gasteiger partial charge in [-0.3, -0.25) is 4.99 Å². The number of aliphatic imine (C=N–C) groups is 1. The molecule has 0 amide bonds. The lowest BCUT2D eigenvalue weighted by molar-refractivity contribution is 0.153. The minimum atomic E-state index is 0.599. The van der Waals surface area contributed by atoms with Crippen LogP contribution in [0.4, 0.5) is 0 Å². The Hall–Kier alpha value is -1.03. The number of hydrogen-bond donors (Lipinski definition) is 2. The molecule has 1 aliphatic heterocycles. The van der Waals surface area contributed by atoms with Crippen LogP contribution in [0.15, 0.2) is 16.6 Å². The molecule has 0 bridgehead atoms. The van der Waals surface area contributed by atoms with E-state index in [0.29, 0.717) is 6.04 Å². The minimum absolute atomic E-state index is 0.599. The molecule has 126 valence electrons. The van der Waals surface area contributed by atoms with E-state index in [0.717, 1.165) is 44.5 Å². The van der Waals surface area contributed by atoms with Crippen LogP contribution in [0.25, 0.3) is 0 Å². The Morgan fingerprint density at radius 1 is 1.32 bits per heavy atom. The van der Waals surface area contributed by atoms with Gasteiger partial charge in [-0.05, 0) is 44.4 Å². The van der Waals surface area contributed by atoms with Gasteiger partial charge in [0, 0.05) is 19.6 Å². The molecule has 1 heterocycles. The van der Waals surface area contributed by atoms with Gasteiger partial charge >= 0.3 is 0 Å². The van der Waals surface area contributed by atoms with E-state index in [1.54, 1.807) is 0 Å². The summed E-state index contributed by atoms with van der Waals surface area (Å²) in [6.07, 6.45) is 12.4. The van der Waals surface area contributed by atoms with Crippen molar-refractivity contribution in [3.8, 4) is 0 Å². The molecule has 1 saturated carbocycles. The summed E-state index contributed by atoms with van der Waals surface area (Å²) in [6.45, 7) is 4.91. The SMILES string of the molecule is CCCC1CCC(NC(=NC)NCCC2=CCOCC2)CC1. The first-order valence-electron chi connectivity index (χ1n) is 9.04. The van der Waals surface area contributed by atoms with Crippen LogP contribution in [0.5, 0.6) is 0 Å². The molecule has 22 heavy (non-hydrogen) atoms. The highest BCUT2D eigenvalue weighted by Crippen LogP contribution is 2.27. The Kier molecular flexibility index (Phi) is 7.78. The van der Waals surface area contributed by atoms with Gasteiger partial charge in [0.05, 0.1) is 13.2 Å². The smallest absolute Gasteiger partial charge is 0.191 e. The fourth-order valence-corrected chi connectivity index (χ4v) is 3.53. The van der Waals surface area contributed by atoms with Crippen LogP contribution in [-0.2, 0) is 4.74 Å². The van der Waals surface area contributed by atoms with Crippen LogP contribution < -0.4 is 10.6 Å². The molecule has 1 fully saturated rings. The molecule has 0 radical (unpaired) electrons. The zero-order valence-electron chi connectivity index (χ0n) is 14.4. The van der Waals surface area contributed by atoms with Gasteiger partial charge in [-0.2, -0.15) is 0 Å². The third-order valence-electron chi connectivity index (χ3n) is 4.90. The lowest BCUT2D eigenvalue weighted by Crippen LogP contribution is -2.45. The molecule has 4 nitrogen and oxygen atoms in total. The van der Waals surface area contributed by atoms with Gasteiger partial charge in [0.25, 0.3) is 0 Å². The summed E-state index contributed by atoms with van der Waals surface area (Å²) < 4.78 is 5.34. The lowest BCUT2D eigenvalue weighted by atomic mass is 9.83. The molecule has 0 aromatic heterocycles. The van der Waals surface area contributed by atoms with Gasteiger partial charge in [-0.1, -0.05) is 31.4 Å². The standard InChI is InChI=1S/C18H33N3O/c1-3-4-15-5-7-17(8-6-15)21-18(19-2)20-12-9-16-10-13-22-14-11-16/h10,15,17H,3-9,11-14H2,1-2H3,(H2,19,20,21). The fraction of sp³-hybridized carbons (Fsp3) is 0.833. The van der Waals surface area contributed by atoms with Crippen molar-refractivity contribution in [1.29, 1.82) is 0 Å². The normalized spacial score (nSPS) is 26.5. The lowest BCUT2D eigenvalue weighted by Gasteiger charge is -2.30. The van der Waals surface area contributed by atoms with Crippen LogP contribution in [0.1, 0.15) is 58.3 Å². The van der Waals surface area contributed by atoms with E-state index in [4.69, 9.17) is 4.74 Å². The summed E-state index contributed by atoms with van der Waals surface area (Å²) in [5.41, 5.74) is 1.51. The van der Waals surface area contributed by atoms with Crippen molar-refractivity contribution in [3.05, 3.63) is 11.6 Å². The summed E-state index contributed by atoms with van der Waals surface area (Å²) in [6, 6.07) is 0.599. The summed E-state index contributed by atoms with van der Waals surface area (Å²) >= 11 is 0. The maximum Gasteiger partial charge on any atom is 0.191 e. The third kappa shape index (κ3) is 5.99. The molecule has 0 atom stereocenters. The van der Waals surface area contributed by atoms with Gasteiger partial charge in [0.1, 0.15) is 0 Å². The highest BCUT2D eigenvalue weighted by Gasteiger charge is 2.21. The maximum atomic E-state index is 5.34. The van der Waals surface area contributed by atoms with E-state index >= 15 is 0 Å². The summed E-state index contributed by atoms with van der Waals surface area (Å²) in [4.78, 5) is 4.37. The second-order valence-electron chi connectivity index (χ2n) is 6.59. The highest BCUT2D eigenvalue weighted by molar-refractivity contribution is 5.79. The quantitative estimate of drug-likeness (QED) is 0.450. The largest absolute Gasteiger partial charge is 0.377 e. The minimum Gasteiger partial charge on any atom is -0.377 e. The zero-order chi connectivity index (χ0) is 15.6. The van der Waals surface area contributed by atoms with Crippen molar-refractivity contribution in [3.63, 3.8) is 0 Å². The number of hydrogen-bond acceptors (Lipinski definition) is 2. The second-order valence-corrected chi connectivity index (χ2v) is 6.59. The maximum absolute atomic E-state index is 5.34. The van der Waals surface area contributed by atoms with E-state index in [1.165, 1.54) is 44.1 Å². The predicted molar refractivity (Wildman–Crippen MR) is 93.3 cm³/mol. The Labute approximate surface area is 135 Å². The van der Waals surface area contributed by atoms with Gasteiger partial charge in [-0.15, -0.1) is 0 Å². The zero-order valence-corrected chi connectivity index (χ0v) is 14.4. The highest BCUT2D eigenvalue weighted by atomic mass is 16.5. The van der Waals surface area contributed by atoms with Crippen molar-refractivity contribution >= 4 is 5.96 Å². The first-order chi connectivity index (χ1) is 10.8. The van der Waals surface area contributed by atoms with Crippen molar-refractivity contribution in [2.24, 2.45) is 10.9 Å². The van der Waals surface area contributed by atoms with E-state index in [9.17, 15) is 0 Å². The van der Waals surface area contributed by atoms with Gasteiger partial charge in [-0.25, -0.2) is 0 Å². The molecule has 2 rings (SSSR count). The molecule has 0 aromatic rings. The van der Waals surface area contributed by atoms with Gasteiger partial charge in [0.15, 0.2) is 5.96 Å². The molecule has 1 aliphatic carbocycles. The first kappa shape index (κ1) is 17.3. The van der Waals surface area contributed by atoms with Crippen molar-refractivity contribution in [1.82, 2.24) is 10.6 Å². The molecular formula is C18H33N3O. The molecule has 4 heteroatoms. The summed E-state index contributed by atoms with van der Waals surface area (Å²) in [7, 11) is 1.87. The average molecular weight is 307 g/mol. The van der Waals surface area contributed by atoms with E-state index in [2.05, 4.69) is 28.6 Å². The number of guanidine groups is 1. The molecule has 0 spiro atoms. The Morgan fingerprint density at radius 2 is 2.14 bits per heavy atom. The van der Waals surface area contributed by atoms with Crippen LogP contribution in [0.3, 0.4) is 0 Å². The number of nitrogens with zero attached hydrogens (tertiary/aromatic N) is 1. The average Bonchev–Trinajstić information content (AvgIpc) is 2.57. The van der Waals surface area contributed by atoms with E-state index < -0.39 is 0 Å². The van der Waals surface area contributed by atoms with E-state index in [-0.39, 0.29) is 0 Å². The molecule has 2 N–H and O–H groups in total. The molecular weight excluding hydrogens is 274 g/mol. The number of nitrogens with one attached hydrogen (secondary N) is 2. The van der Waals surface area contributed by atoms with Crippen LogP contribution in [0.2, 0.25) is 0 Å². The Bertz CT molecular complexity index is 371.